The molecule has 1 aromatic rings. The van der Waals surface area contributed by atoms with Crippen LogP contribution < -0.4 is 0 Å². The van der Waals surface area contributed by atoms with E-state index in [-0.39, 0.29) is 34.3 Å². The van der Waals surface area contributed by atoms with E-state index in [0.717, 1.165) is 49.8 Å². The first-order valence-corrected chi connectivity index (χ1v) is 15.7. The minimum atomic E-state index is -1.16. The van der Waals surface area contributed by atoms with Gasteiger partial charge < -0.3 is 19.3 Å². The van der Waals surface area contributed by atoms with Gasteiger partial charge in [0.15, 0.2) is 5.79 Å². The smallest absolute Gasteiger partial charge is 0.216 e. The van der Waals surface area contributed by atoms with Crippen molar-refractivity contribution in [3.8, 4) is 0 Å². The highest BCUT2D eigenvalue weighted by Crippen LogP contribution is 2.68. The molecule has 6 heteroatoms. The second-order valence-corrected chi connectivity index (χ2v) is 14.3. The molecule has 6 rings (SSSR count). The summed E-state index contributed by atoms with van der Waals surface area (Å²) in [5, 5.41) is 12.0. The van der Waals surface area contributed by atoms with Crippen molar-refractivity contribution in [2.75, 3.05) is 26.9 Å². The Morgan fingerprint density at radius 2 is 1.87 bits per heavy atom. The van der Waals surface area contributed by atoms with Gasteiger partial charge in [-0.05, 0) is 109 Å². The molecule has 4 fully saturated rings. The molecule has 1 aliphatic heterocycles. The zero-order valence-corrected chi connectivity index (χ0v) is 24.5. The average Bonchev–Trinajstić information content (AvgIpc) is 3.53. The van der Waals surface area contributed by atoms with Gasteiger partial charge in [-0.2, -0.15) is 0 Å². The van der Waals surface area contributed by atoms with Crippen molar-refractivity contribution >= 4 is 16.9 Å². The summed E-state index contributed by atoms with van der Waals surface area (Å²) in [6.45, 7) is 6.56. The molecule has 1 aromatic carbocycles. The molecule has 39 heavy (non-hydrogen) atoms. The molecule has 0 radical (unpaired) electrons. The highest BCUT2D eigenvalue weighted by Gasteiger charge is 2.62. The molecular weight excluding hydrogens is 508 g/mol. The number of benzene rings is 1. The monoisotopic (exact) mass is 552 g/mol. The number of carbonyl (C=O) groups is 1. The van der Waals surface area contributed by atoms with Crippen molar-refractivity contribution in [3.05, 3.63) is 54.1 Å². The molecule has 1 heterocycles. The molecular formula is C33H44O5S. The first-order chi connectivity index (χ1) is 18.7. The van der Waals surface area contributed by atoms with Crippen LogP contribution in [-0.2, 0) is 19.0 Å². The summed E-state index contributed by atoms with van der Waals surface area (Å²) in [7, 11) is 1.65. The van der Waals surface area contributed by atoms with E-state index in [1.165, 1.54) is 18.2 Å². The third kappa shape index (κ3) is 4.78. The summed E-state index contributed by atoms with van der Waals surface area (Å²) < 4.78 is 17.8. The standard InChI is InChI=1S/C33H44O5S/c1-30-17-18-33(37-19-20-38-33)21-23(30)9-10-25-26-11-12-28(31(26,2)15-13-27(25)30)32(35,22-36-3)16-14-29(34)39-24-7-5-4-6-8-24/h4-9,14,16,25-28,35H,10-13,15,17-22H2,1-3H3/b16-14+/t25-,26-,27-,28-,30-,31-,32+/m0/s1. The number of thioether (sulfide) groups is 1. The normalized spacial score (nSPS) is 38.6. The number of methoxy groups -OCH3 is 1. The van der Waals surface area contributed by atoms with Crippen molar-refractivity contribution in [1.29, 1.82) is 0 Å². The molecule has 0 unspecified atom stereocenters. The first-order valence-electron chi connectivity index (χ1n) is 14.9. The van der Waals surface area contributed by atoms with Gasteiger partial charge in [0.1, 0.15) is 5.60 Å². The van der Waals surface area contributed by atoms with E-state index in [1.54, 1.807) is 24.8 Å². The predicted octanol–water partition coefficient (Wildman–Crippen LogP) is 6.56. The summed E-state index contributed by atoms with van der Waals surface area (Å²) in [5.41, 5.74) is 0.630. The fourth-order valence-corrected chi connectivity index (χ4v) is 10.2. The van der Waals surface area contributed by atoms with Crippen molar-refractivity contribution in [2.24, 2.45) is 34.5 Å². The molecule has 7 atom stereocenters. The molecule has 0 aromatic heterocycles. The molecule has 212 valence electrons. The molecule has 4 aliphatic carbocycles. The van der Waals surface area contributed by atoms with Crippen LogP contribution in [0.1, 0.15) is 65.2 Å². The Hall–Kier alpha value is -1.44. The maximum absolute atomic E-state index is 12.8. The van der Waals surface area contributed by atoms with Gasteiger partial charge in [0.2, 0.25) is 5.12 Å². The van der Waals surface area contributed by atoms with Crippen molar-refractivity contribution in [2.45, 2.75) is 81.5 Å². The highest BCUT2D eigenvalue weighted by atomic mass is 32.2. The number of fused-ring (bicyclic) bond motifs is 5. The number of allylic oxidation sites excluding steroid dienone is 1. The third-order valence-electron chi connectivity index (χ3n) is 11.4. The molecule has 5 aliphatic rings. The molecule has 5 nitrogen and oxygen atoms in total. The van der Waals surface area contributed by atoms with Crippen LogP contribution in [0.3, 0.4) is 0 Å². The molecule has 3 saturated carbocycles. The van der Waals surface area contributed by atoms with Crippen LogP contribution in [0.4, 0.5) is 0 Å². The lowest BCUT2D eigenvalue weighted by atomic mass is 9.46. The minimum absolute atomic E-state index is 0.0175. The second-order valence-electron chi connectivity index (χ2n) is 13.2. The third-order valence-corrected chi connectivity index (χ3v) is 12.2. The lowest BCUT2D eigenvalue weighted by Gasteiger charge is -2.59. The topological polar surface area (TPSA) is 65.0 Å². The van der Waals surface area contributed by atoms with Crippen LogP contribution in [0, 0.1) is 34.5 Å². The van der Waals surface area contributed by atoms with Gasteiger partial charge in [-0.1, -0.05) is 43.7 Å². The number of hydrogen-bond acceptors (Lipinski definition) is 6. The van der Waals surface area contributed by atoms with Gasteiger partial charge in [0.05, 0.1) is 19.8 Å². The van der Waals surface area contributed by atoms with E-state index in [1.807, 2.05) is 30.3 Å². The summed E-state index contributed by atoms with van der Waals surface area (Å²) in [6.07, 6.45) is 14.4. The largest absolute Gasteiger partial charge is 0.383 e. The molecule has 1 N–H and O–H groups in total. The van der Waals surface area contributed by atoms with E-state index in [0.29, 0.717) is 31.0 Å². The van der Waals surface area contributed by atoms with E-state index in [9.17, 15) is 9.90 Å². The summed E-state index contributed by atoms with van der Waals surface area (Å²) >= 11 is 1.20. The van der Waals surface area contributed by atoms with Gasteiger partial charge in [0.25, 0.3) is 0 Å². The Balaban J connectivity index is 1.21. The minimum Gasteiger partial charge on any atom is -0.383 e. The van der Waals surface area contributed by atoms with Gasteiger partial charge in [-0.3, -0.25) is 4.79 Å². The second kappa shape index (κ2) is 10.4. The van der Waals surface area contributed by atoms with Crippen LogP contribution in [0.15, 0.2) is 59.0 Å². The summed E-state index contributed by atoms with van der Waals surface area (Å²) in [6, 6.07) is 9.68. The Kier molecular flexibility index (Phi) is 7.42. The molecule has 1 saturated heterocycles. The fourth-order valence-electron chi connectivity index (χ4n) is 9.52. The van der Waals surface area contributed by atoms with Crippen molar-refractivity contribution in [3.63, 3.8) is 0 Å². The lowest BCUT2D eigenvalue weighted by Crippen LogP contribution is -2.55. The fraction of sp³-hybridized carbons (Fsp3) is 0.667. The molecule has 0 amide bonds. The number of ether oxygens (including phenoxy) is 3. The SMILES string of the molecule is COC[C@](O)(/C=C/C(=O)Sc1ccccc1)[C@H]1CC[C@H]2[C@@H]3CC=C4CC5(CC[C@]4(C)[C@H]3CC[C@@]21C)OCCO5. The van der Waals surface area contributed by atoms with Crippen LogP contribution in [-0.4, -0.2) is 48.5 Å². The molecule has 1 spiro atoms. The van der Waals surface area contributed by atoms with Crippen molar-refractivity contribution < 1.29 is 24.1 Å². The predicted molar refractivity (Wildman–Crippen MR) is 153 cm³/mol. The van der Waals surface area contributed by atoms with Crippen LogP contribution in [0.2, 0.25) is 0 Å². The Labute approximate surface area is 237 Å². The van der Waals surface area contributed by atoms with Gasteiger partial charge in [-0.25, -0.2) is 0 Å². The average molecular weight is 553 g/mol. The van der Waals surface area contributed by atoms with Crippen LogP contribution in [0.5, 0.6) is 0 Å². The molecule has 0 bridgehead atoms. The number of carbonyl (C=O) groups excluding carboxylic acids is 1. The van der Waals surface area contributed by atoms with E-state index in [2.05, 4.69) is 19.9 Å². The number of rotatable bonds is 6. The summed E-state index contributed by atoms with van der Waals surface area (Å²) in [4.78, 5) is 13.7. The zero-order valence-electron chi connectivity index (χ0n) is 23.7. The van der Waals surface area contributed by atoms with E-state index >= 15 is 0 Å². The number of aliphatic hydroxyl groups is 1. The number of hydrogen-bond donors (Lipinski definition) is 1. The van der Waals surface area contributed by atoms with Gasteiger partial charge in [0, 0.05) is 24.8 Å². The summed E-state index contributed by atoms with van der Waals surface area (Å²) in [5.74, 6) is 1.56. The Morgan fingerprint density at radius 3 is 2.62 bits per heavy atom. The van der Waals surface area contributed by atoms with E-state index in [4.69, 9.17) is 14.2 Å². The van der Waals surface area contributed by atoms with Crippen LogP contribution >= 0.6 is 11.8 Å². The Bertz CT molecular complexity index is 1130. The van der Waals surface area contributed by atoms with Crippen molar-refractivity contribution in [1.82, 2.24) is 0 Å². The zero-order chi connectivity index (χ0) is 27.3. The van der Waals surface area contributed by atoms with Crippen LogP contribution in [0.25, 0.3) is 0 Å². The van der Waals surface area contributed by atoms with Gasteiger partial charge in [-0.15, -0.1) is 0 Å². The highest BCUT2D eigenvalue weighted by molar-refractivity contribution is 8.14. The quantitative estimate of drug-likeness (QED) is 0.245. The maximum atomic E-state index is 12.8. The van der Waals surface area contributed by atoms with Gasteiger partial charge >= 0.3 is 0 Å². The first kappa shape index (κ1) is 27.7. The maximum Gasteiger partial charge on any atom is 0.216 e. The lowest BCUT2D eigenvalue weighted by molar-refractivity contribution is -0.186. The van der Waals surface area contributed by atoms with E-state index < -0.39 is 5.60 Å². The Morgan fingerprint density at radius 1 is 1.10 bits per heavy atom.